The molecule has 1 aromatic heterocycles. The molecular weight excluding hydrogens is 375 g/mol. The largest absolute Gasteiger partial charge is 0.379 e. The number of carbonyl (C=O) groups excluding carboxylic acids is 1. The second kappa shape index (κ2) is 9.93. The molecule has 1 aromatic rings. The van der Waals surface area contributed by atoms with Crippen molar-refractivity contribution >= 4 is 30.7 Å². The van der Waals surface area contributed by atoms with Crippen LogP contribution in [0.3, 0.4) is 0 Å². The van der Waals surface area contributed by atoms with Crippen LogP contribution in [0.4, 0.5) is 0 Å². The van der Waals surface area contributed by atoms with Crippen LogP contribution in [0.25, 0.3) is 0 Å². The van der Waals surface area contributed by atoms with E-state index in [1.165, 1.54) is 5.56 Å². The summed E-state index contributed by atoms with van der Waals surface area (Å²) in [5, 5.41) is 11.1. The minimum Gasteiger partial charge on any atom is -0.379 e. The molecular formula is C18H32Cl2N4O2. The molecule has 26 heavy (non-hydrogen) atoms. The van der Waals surface area contributed by atoms with E-state index in [0.29, 0.717) is 18.3 Å². The summed E-state index contributed by atoms with van der Waals surface area (Å²) in [4.78, 5) is 12.5. The summed E-state index contributed by atoms with van der Waals surface area (Å²) in [6, 6.07) is 0.139. The number of rotatable bonds is 5. The van der Waals surface area contributed by atoms with Crippen molar-refractivity contribution in [1.82, 2.24) is 20.4 Å². The smallest absolute Gasteiger partial charge is 0.220 e. The molecule has 2 N–H and O–H groups in total. The lowest BCUT2D eigenvalue weighted by Gasteiger charge is -2.37. The molecule has 8 heteroatoms. The van der Waals surface area contributed by atoms with Crippen molar-refractivity contribution in [2.75, 3.05) is 20.2 Å². The highest BCUT2D eigenvalue weighted by molar-refractivity contribution is 5.85. The monoisotopic (exact) mass is 406 g/mol. The topological polar surface area (TPSA) is 68.2 Å². The maximum atomic E-state index is 12.5. The first kappa shape index (κ1) is 23.2. The number of carbonyl (C=O) groups is 1. The Balaban J connectivity index is 0.00000169. The Labute approximate surface area is 168 Å². The van der Waals surface area contributed by atoms with Gasteiger partial charge in [0.1, 0.15) is 0 Å². The van der Waals surface area contributed by atoms with E-state index in [2.05, 4.69) is 22.7 Å². The van der Waals surface area contributed by atoms with E-state index in [0.717, 1.165) is 43.7 Å². The highest BCUT2D eigenvalue weighted by Crippen LogP contribution is 2.34. The number of fused-ring (bicyclic) bond motifs is 1. The highest BCUT2D eigenvalue weighted by Gasteiger charge is 2.40. The van der Waals surface area contributed by atoms with Crippen molar-refractivity contribution in [3.8, 4) is 0 Å². The predicted octanol–water partition coefficient (Wildman–Crippen LogP) is 1.94. The van der Waals surface area contributed by atoms with Crippen LogP contribution < -0.4 is 10.6 Å². The number of methoxy groups -OCH3 is 1. The van der Waals surface area contributed by atoms with Crippen LogP contribution in [0.5, 0.6) is 0 Å². The number of halogens is 2. The fourth-order valence-electron chi connectivity index (χ4n) is 4.39. The van der Waals surface area contributed by atoms with Crippen LogP contribution in [-0.2, 0) is 23.0 Å². The van der Waals surface area contributed by atoms with Crippen molar-refractivity contribution in [3.05, 3.63) is 17.0 Å². The number of hydrogen-bond acceptors (Lipinski definition) is 4. The van der Waals surface area contributed by atoms with Crippen LogP contribution >= 0.6 is 24.8 Å². The normalized spacial score (nSPS) is 27.2. The van der Waals surface area contributed by atoms with E-state index in [1.807, 2.05) is 18.7 Å². The maximum absolute atomic E-state index is 12.5. The van der Waals surface area contributed by atoms with E-state index >= 15 is 0 Å². The van der Waals surface area contributed by atoms with Crippen molar-refractivity contribution in [1.29, 1.82) is 0 Å². The summed E-state index contributed by atoms with van der Waals surface area (Å²) in [5.74, 6) is 1.49. The van der Waals surface area contributed by atoms with Gasteiger partial charge in [0.25, 0.3) is 0 Å². The Hall–Kier alpha value is -0.820. The average molecular weight is 407 g/mol. The molecule has 150 valence electrons. The van der Waals surface area contributed by atoms with E-state index in [-0.39, 0.29) is 42.9 Å². The molecule has 1 aliphatic heterocycles. The lowest BCUT2D eigenvalue weighted by molar-refractivity contribution is -0.123. The SMILES string of the molecule is CO[C@H]1C[C@@H]2CNC[C@@H]2C[C@@H]1NC(=O)CCc1c(C)nn(C)c1C.Cl.Cl. The van der Waals surface area contributed by atoms with Gasteiger partial charge in [0.2, 0.25) is 5.91 Å². The van der Waals surface area contributed by atoms with Gasteiger partial charge in [0.15, 0.2) is 0 Å². The molecule has 6 nitrogen and oxygen atoms in total. The molecule has 1 amide bonds. The Morgan fingerprint density at radius 1 is 1.27 bits per heavy atom. The number of nitrogens with one attached hydrogen (secondary N) is 2. The first-order valence-electron chi connectivity index (χ1n) is 9.01. The molecule has 2 fully saturated rings. The molecule has 0 unspecified atom stereocenters. The Bertz CT molecular complexity index is 608. The summed E-state index contributed by atoms with van der Waals surface area (Å²) in [7, 11) is 3.71. The number of aromatic nitrogens is 2. The van der Waals surface area contributed by atoms with Crippen molar-refractivity contribution < 1.29 is 9.53 Å². The van der Waals surface area contributed by atoms with E-state index in [4.69, 9.17) is 4.74 Å². The number of aryl methyl sites for hydroxylation is 2. The van der Waals surface area contributed by atoms with Crippen LogP contribution in [0.2, 0.25) is 0 Å². The second-order valence-electron chi connectivity index (χ2n) is 7.37. The highest BCUT2D eigenvalue weighted by atomic mass is 35.5. The number of hydrogen-bond donors (Lipinski definition) is 2. The third-order valence-electron chi connectivity index (χ3n) is 5.93. The molecule has 4 atom stereocenters. The molecule has 0 radical (unpaired) electrons. The zero-order chi connectivity index (χ0) is 17.3. The summed E-state index contributed by atoms with van der Waals surface area (Å²) in [6.07, 6.45) is 3.45. The fourth-order valence-corrected chi connectivity index (χ4v) is 4.39. The van der Waals surface area contributed by atoms with Gasteiger partial charge in [-0.05, 0) is 63.6 Å². The first-order valence-corrected chi connectivity index (χ1v) is 9.01. The van der Waals surface area contributed by atoms with Crippen molar-refractivity contribution in [3.63, 3.8) is 0 Å². The molecule has 0 bridgehead atoms. The van der Waals surface area contributed by atoms with E-state index < -0.39 is 0 Å². The zero-order valence-corrected chi connectivity index (χ0v) is 17.7. The summed E-state index contributed by atoms with van der Waals surface area (Å²) < 4.78 is 7.55. The minimum absolute atomic E-state index is 0. The molecule has 1 saturated carbocycles. The summed E-state index contributed by atoms with van der Waals surface area (Å²) in [5.41, 5.74) is 3.36. The van der Waals surface area contributed by atoms with Gasteiger partial charge in [0.05, 0.1) is 17.8 Å². The Kier molecular flexibility index (Phi) is 8.86. The van der Waals surface area contributed by atoms with Crippen LogP contribution in [0.15, 0.2) is 0 Å². The van der Waals surface area contributed by atoms with Gasteiger partial charge in [0, 0.05) is 26.3 Å². The Morgan fingerprint density at radius 3 is 2.50 bits per heavy atom. The summed E-state index contributed by atoms with van der Waals surface area (Å²) >= 11 is 0. The van der Waals surface area contributed by atoms with Gasteiger partial charge in [-0.2, -0.15) is 5.10 Å². The van der Waals surface area contributed by atoms with Crippen molar-refractivity contribution in [2.24, 2.45) is 18.9 Å². The predicted molar refractivity (Wildman–Crippen MR) is 107 cm³/mol. The van der Waals surface area contributed by atoms with Crippen molar-refractivity contribution in [2.45, 2.75) is 51.7 Å². The fraction of sp³-hybridized carbons (Fsp3) is 0.778. The average Bonchev–Trinajstić information content (AvgIpc) is 3.09. The Morgan fingerprint density at radius 2 is 1.92 bits per heavy atom. The first-order chi connectivity index (χ1) is 11.5. The number of ether oxygens (including phenoxy) is 1. The number of amides is 1. The van der Waals surface area contributed by atoms with Crippen LogP contribution in [0.1, 0.15) is 36.2 Å². The lowest BCUT2D eigenvalue weighted by atomic mass is 9.77. The second-order valence-corrected chi connectivity index (χ2v) is 7.37. The summed E-state index contributed by atoms with van der Waals surface area (Å²) in [6.45, 7) is 6.23. The van der Waals surface area contributed by atoms with Crippen LogP contribution in [-0.4, -0.2) is 48.0 Å². The molecule has 3 rings (SSSR count). The zero-order valence-electron chi connectivity index (χ0n) is 16.1. The molecule has 2 aliphatic rings. The molecule has 0 spiro atoms. The standard InChI is InChI=1S/C18H30N4O2.2ClH/c1-11-15(12(2)22(3)21-11)5-6-18(23)20-16-7-13-9-19-10-14(13)8-17(16)24-4;;/h13-14,16-17,19H,5-10H2,1-4H3,(H,20,23);2*1H/t13-,14+,16-,17-;;/m0../s1. The minimum atomic E-state index is 0. The van der Waals surface area contributed by atoms with Gasteiger partial charge in [-0.3, -0.25) is 9.48 Å². The molecule has 0 aromatic carbocycles. The van der Waals surface area contributed by atoms with E-state index in [9.17, 15) is 4.79 Å². The van der Waals surface area contributed by atoms with Gasteiger partial charge in [-0.25, -0.2) is 0 Å². The van der Waals surface area contributed by atoms with Gasteiger partial charge in [-0.1, -0.05) is 0 Å². The lowest BCUT2D eigenvalue weighted by Crippen LogP contribution is -2.50. The molecule has 1 aliphatic carbocycles. The van der Waals surface area contributed by atoms with Gasteiger partial charge >= 0.3 is 0 Å². The van der Waals surface area contributed by atoms with Gasteiger partial charge in [-0.15, -0.1) is 24.8 Å². The molecule has 1 saturated heterocycles. The number of nitrogens with zero attached hydrogens (tertiary/aromatic N) is 2. The quantitative estimate of drug-likeness (QED) is 0.783. The molecule has 2 heterocycles. The van der Waals surface area contributed by atoms with Gasteiger partial charge < -0.3 is 15.4 Å². The van der Waals surface area contributed by atoms with E-state index in [1.54, 1.807) is 7.11 Å². The third kappa shape index (κ3) is 4.91. The third-order valence-corrected chi connectivity index (χ3v) is 5.93. The van der Waals surface area contributed by atoms with Crippen LogP contribution in [0, 0.1) is 25.7 Å². The maximum Gasteiger partial charge on any atom is 0.220 e.